The molecule has 0 aliphatic carbocycles. The zero-order chi connectivity index (χ0) is 18.7. The molecule has 26 heavy (non-hydrogen) atoms. The van der Waals surface area contributed by atoms with Gasteiger partial charge in [0.2, 0.25) is 0 Å². The van der Waals surface area contributed by atoms with Gasteiger partial charge in [0.1, 0.15) is 5.56 Å². The van der Waals surface area contributed by atoms with Crippen molar-refractivity contribution in [3.05, 3.63) is 63.2 Å². The molecule has 2 aromatic rings. The summed E-state index contributed by atoms with van der Waals surface area (Å²) in [6, 6.07) is 12.3. The largest absolute Gasteiger partial charge is 0.368 e. The van der Waals surface area contributed by atoms with Crippen LogP contribution in [0.25, 0.3) is 0 Å². The molecule has 0 aromatic heterocycles. The highest BCUT2D eigenvalue weighted by atomic mass is 35.5. The lowest BCUT2D eigenvalue weighted by Crippen LogP contribution is -2.48. The third-order valence-electron chi connectivity index (χ3n) is 4.37. The van der Waals surface area contributed by atoms with Crippen LogP contribution < -0.4 is 4.90 Å². The van der Waals surface area contributed by atoms with Crippen LogP contribution in [0.1, 0.15) is 10.4 Å². The van der Waals surface area contributed by atoms with Crippen LogP contribution in [-0.2, 0) is 0 Å². The normalized spacial score (nSPS) is 14.4. The third-order valence-corrected chi connectivity index (χ3v) is 5.33. The van der Waals surface area contributed by atoms with Gasteiger partial charge in [0.15, 0.2) is 0 Å². The molecular weight excluding hydrogens is 374 g/mol. The highest BCUT2D eigenvalue weighted by molar-refractivity contribution is 7.98. The van der Waals surface area contributed by atoms with E-state index in [4.69, 9.17) is 11.6 Å². The van der Waals surface area contributed by atoms with Crippen LogP contribution in [0.5, 0.6) is 0 Å². The first kappa shape index (κ1) is 18.5. The van der Waals surface area contributed by atoms with E-state index in [-0.39, 0.29) is 17.2 Å². The number of halogens is 1. The Morgan fingerprint density at radius 2 is 1.88 bits per heavy atom. The molecule has 1 amide bonds. The first-order chi connectivity index (χ1) is 12.5. The molecule has 0 N–H and O–H groups in total. The second kappa shape index (κ2) is 7.97. The van der Waals surface area contributed by atoms with E-state index in [1.165, 1.54) is 17.8 Å². The zero-order valence-corrected chi connectivity index (χ0v) is 15.8. The van der Waals surface area contributed by atoms with Crippen LogP contribution >= 0.6 is 23.4 Å². The lowest BCUT2D eigenvalue weighted by molar-refractivity contribution is -0.385. The van der Waals surface area contributed by atoms with E-state index in [1.807, 2.05) is 30.5 Å². The molecule has 0 radical (unpaired) electrons. The molecule has 1 aliphatic heterocycles. The minimum atomic E-state index is -0.500. The number of amides is 1. The van der Waals surface area contributed by atoms with E-state index >= 15 is 0 Å². The van der Waals surface area contributed by atoms with Crippen LogP contribution in [0.4, 0.5) is 11.4 Å². The van der Waals surface area contributed by atoms with Gasteiger partial charge < -0.3 is 9.80 Å². The van der Waals surface area contributed by atoms with Gasteiger partial charge in [0.25, 0.3) is 11.6 Å². The molecule has 3 rings (SSSR count). The van der Waals surface area contributed by atoms with Gasteiger partial charge in [-0.2, -0.15) is 0 Å². The SMILES string of the molecule is CSc1ccc([N+](=O)[O-])c(C(=O)N2CCN(c3cccc(Cl)c3)CC2)c1. The van der Waals surface area contributed by atoms with Gasteiger partial charge in [0.05, 0.1) is 4.92 Å². The van der Waals surface area contributed by atoms with Crippen LogP contribution in [0, 0.1) is 10.1 Å². The summed E-state index contributed by atoms with van der Waals surface area (Å²) in [6.45, 7) is 2.32. The van der Waals surface area contributed by atoms with Crippen molar-refractivity contribution in [2.45, 2.75) is 4.90 Å². The number of benzene rings is 2. The molecule has 6 nitrogen and oxygen atoms in total. The first-order valence-corrected chi connectivity index (χ1v) is 9.72. The van der Waals surface area contributed by atoms with E-state index in [2.05, 4.69) is 4.90 Å². The van der Waals surface area contributed by atoms with Crippen molar-refractivity contribution in [2.24, 2.45) is 0 Å². The van der Waals surface area contributed by atoms with Crippen molar-refractivity contribution >= 4 is 40.6 Å². The number of anilines is 1. The fourth-order valence-electron chi connectivity index (χ4n) is 2.98. The smallest absolute Gasteiger partial charge is 0.282 e. The minimum Gasteiger partial charge on any atom is -0.368 e. The maximum atomic E-state index is 12.9. The summed E-state index contributed by atoms with van der Waals surface area (Å²) >= 11 is 7.49. The summed E-state index contributed by atoms with van der Waals surface area (Å²) in [5.41, 5.74) is 1.02. The molecule has 0 bridgehead atoms. The highest BCUT2D eigenvalue weighted by Crippen LogP contribution is 2.27. The predicted molar refractivity (Wildman–Crippen MR) is 104 cm³/mol. The van der Waals surface area contributed by atoms with Gasteiger partial charge >= 0.3 is 0 Å². The average Bonchev–Trinajstić information content (AvgIpc) is 2.67. The topological polar surface area (TPSA) is 66.7 Å². The molecule has 0 atom stereocenters. The Labute approximate surface area is 160 Å². The quantitative estimate of drug-likeness (QED) is 0.448. The Balaban J connectivity index is 1.75. The first-order valence-electron chi connectivity index (χ1n) is 8.12. The van der Waals surface area contributed by atoms with Gasteiger partial charge in [-0.25, -0.2) is 0 Å². The molecule has 0 saturated carbocycles. The van der Waals surface area contributed by atoms with Gasteiger partial charge in [-0.3, -0.25) is 14.9 Å². The number of carbonyl (C=O) groups is 1. The molecule has 0 spiro atoms. The number of thioether (sulfide) groups is 1. The Morgan fingerprint density at radius 1 is 1.15 bits per heavy atom. The minimum absolute atomic E-state index is 0.148. The summed E-state index contributed by atoms with van der Waals surface area (Å²) in [5.74, 6) is -0.293. The predicted octanol–water partition coefficient (Wildman–Crippen LogP) is 3.93. The van der Waals surface area contributed by atoms with Crippen molar-refractivity contribution in [1.29, 1.82) is 0 Å². The van der Waals surface area contributed by atoms with Crippen LogP contribution in [0.2, 0.25) is 5.02 Å². The molecule has 2 aromatic carbocycles. The Bertz CT molecular complexity index is 838. The van der Waals surface area contributed by atoms with E-state index in [0.717, 1.165) is 10.6 Å². The number of nitrogens with zero attached hydrogens (tertiary/aromatic N) is 3. The zero-order valence-electron chi connectivity index (χ0n) is 14.2. The maximum Gasteiger partial charge on any atom is 0.282 e. The van der Waals surface area contributed by atoms with E-state index in [0.29, 0.717) is 31.2 Å². The summed E-state index contributed by atoms with van der Waals surface area (Å²) in [6.07, 6.45) is 1.87. The number of hydrogen-bond donors (Lipinski definition) is 0. The average molecular weight is 392 g/mol. The lowest BCUT2D eigenvalue weighted by Gasteiger charge is -2.36. The van der Waals surface area contributed by atoms with Crippen molar-refractivity contribution in [2.75, 3.05) is 37.3 Å². The number of rotatable bonds is 4. The Kier molecular flexibility index (Phi) is 5.68. The molecular formula is C18H18ClN3O3S. The number of nitro groups is 1. The van der Waals surface area contributed by atoms with Crippen LogP contribution in [0.15, 0.2) is 47.4 Å². The summed E-state index contributed by atoms with van der Waals surface area (Å²) in [5, 5.41) is 12.0. The molecule has 1 fully saturated rings. The second-order valence-electron chi connectivity index (χ2n) is 5.90. The Morgan fingerprint density at radius 3 is 2.50 bits per heavy atom. The van der Waals surface area contributed by atoms with Crippen molar-refractivity contribution in [3.63, 3.8) is 0 Å². The van der Waals surface area contributed by atoms with Crippen molar-refractivity contribution < 1.29 is 9.72 Å². The maximum absolute atomic E-state index is 12.9. The van der Waals surface area contributed by atoms with Crippen molar-refractivity contribution in [3.8, 4) is 0 Å². The Hall–Kier alpha value is -2.25. The van der Waals surface area contributed by atoms with E-state index in [1.54, 1.807) is 17.0 Å². The fraction of sp³-hybridized carbons (Fsp3) is 0.278. The molecule has 1 aliphatic rings. The van der Waals surface area contributed by atoms with E-state index in [9.17, 15) is 14.9 Å². The molecule has 1 heterocycles. The molecule has 8 heteroatoms. The summed E-state index contributed by atoms with van der Waals surface area (Å²) in [4.78, 5) is 28.3. The molecule has 0 unspecified atom stereocenters. The number of nitro benzene ring substituents is 1. The summed E-state index contributed by atoms with van der Waals surface area (Å²) in [7, 11) is 0. The van der Waals surface area contributed by atoms with Gasteiger partial charge in [-0.15, -0.1) is 11.8 Å². The third kappa shape index (κ3) is 3.94. The standard InChI is InChI=1S/C18H18ClN3O3S/c1-26-15-5-6-17(22(24)25)16(12-15)18(23)21-9-7-20(8-10-21)14-4-2-3-13(19)11-14/h2-6,11-12H,7-10H2,1H3. The molecule has 1 saturated heterocycles. The molecule has 136 valence electrons. The monoisotopic (exact) mass is 391 g/mol. The van der Waals surface area contributed by atoms with Gasteiger partial charge in [-0.05, 0) is 36.6 Å². The van der Waals surface area contributed by atoms with Gasteiger partial charge in [-0.1, -0.05) is 17.7 Å². The van der Waals surface area contributed by atoms with Crippen molar-refractivity contribution in [1.82, 2.24) is 4.90 Å². The number of piperazine rings is 1. The lowest BCUT2D eigenvalue weighted by atomic mass is 10.1. The highest BCUT2D eigenvalue weighted by Gasteiger charge is 2.28. The fourth-order valence-corrected chi connectivity index (χ4v) is 3.61. The van der Waals surface area contributed by atoms with Crippen LogP contribution in [-0.4, -0.2) is 48.2 Å². The second-order valence-corrected chi connectivity index (χ2v) is 7.22. The number of hydrogen-bond acceptors (Lipinski definition) is 5. The summed E-state index contributed by atoms with van der Waals surface area (Å²) < 4.78 is 0. The number of carbonyl (C=O) groups excluding carboxylic acids is 1. The van der Waals surface area contributed by atoms with Crippen LogP contribution in [0.3, 0.4) is 0 Å². The van der Waals surface area contributed by atoms with E-state index < -0.39 is 4.92 Å². The van der Waals surface area contributed by atoms with Gasteiger partial charge in [0, 0.05) is 47.9 Å².